The number of fused-ring (bicyclic) bond motifs is 1. The smallest absolute Gasteiger partial charge is 0.256 e. The molecule has 1 fully saturated rings. The predicted molar refractivity (Wildman–Crippen MR) is 76.7 cm³/mol. The average molecular weight is 304 g/mol. The normalized spacial score (nSPS) is 24.3. The number of carbonyl (C=O) groups excluding carboxylic acids is 3. The highest BCUT2D eigenvalue weighted by Crippen LogP contribution is 2.36. The summed E-state index contributed by atoms with van der Waals surface area (Å²) >= 11 is 0. The maximum Gasteiger partial charge on any atom is 0.256 e. The van der Waals surface area contributed by atoms with Crippen molar-refractivity contribution in [2.24, 2.45) is 11.7 Å². The standard InChI is InChI=1S/C13H16N6O3/c14-17-6-1-2-7-8(5-6)11(18-15)19(13(7)22)9-3-4-10(20)16-12(9)21/h1-2,5,9,11,17-18H,3-4,14-15H2,(H,16,20,21). The van der Waals surface area contributed by atoms with E-state index in [-0.39, 0.29) is 24.7 Å². The van der Waals surface area contributed by atoms with Gasteiger partial charge in [0.25, 0.3) is 5.91 Å². The zero-order valence-corrected chi connectivity index (χ0v) is 11.6. The Morgan fingerprint density at radius 1 is 1.23 bits per heavy atom. The molecular formula is C13H16N6O3. The minimum atomic E-state index is -0.743. The van der Waals surface area contributed by atoms with E-state index in [1.54, 1.807) is 18.2 Å². The molecule has 1 aromatic carbocycles. The molecule has 0 radical (unpaired) electrons. The van der Waals surface area contributed by atoms with Gasteiger partial charge >= 0.3 is 0 Å². The van der Waals surface area contributed by atoms with Crippen LogP contribution in [0.2, 0.25) is 0 Å². The molecule has 2 atom stereocenters. The Labute approximate surface area is 125 Å². The van der Waals surface area contributed by atoms with E-state index >= 15 is 0 Å². The molecule has 0 spiro atoms. The lowest BCUT2D eigenvalue weighted by Gasteiger charge is -2.33. The molecule has 2 unspecified atom stereocenters. The Morgan fingerprint density at radius 2 is 2.00 bits per heavy atom. The molecule has 116 valence electrons. The van der Waals surface area contributed by atoms with Crippen LogP contribution in [0.15, 0.2) is 18.2 Å². The number of nitrogens with one attached hydrogen (secondary N) is 3. The van der Waals surface area contributed by atoms with E-state index in [0.29, 0.717) is 16.8 Å². The molecule has 0 saturated carbocycles. The van der Waals surface area contributed by atoms with Crippen molar-refractivity contribution >= 4 is 23.4 Å². The van der Waals surface area contributed by atoms with Crippen LogP contribution in [-0.2, 0) is 9.59 Å². The first-order chi connectivity index (χ1) is 10.6. The lowest BCUT2D eigenvalue weighted by Crippen LogP contribution is -2.56. The van der Waals surface area contributed by atoms with Crippen LogP contribution >= 0.6 is 0 Å². The third kappa shape index (κ3) is 2.11. The third-order valence-electron chi connectivity index (χ3n) is 3.96. The maximum absolute atomic E-state index is 12.6. The zero-order chi connectivity index (χ0) is 15.9. The first-order valence-electron chi connectivity index (χ1n) is 6.80. The summed E-state index contributed by atoms with van der Waals surface area (Å²) in [6, 6.07) is 4.25. The fourth-order valence-electron chi connectivity index (χ4n) is 2.92. The van der Waals surface area contributed by atoms with Crippen LogP contribution in [0.3, 0.4) is 0 Å². The Morgan fingerprint density at radius 3 is 2.64 bits per heavy atom. The number of rotatable bonds is 3. The van der Waals surface area contributed by atoms with Crippen molar-refractivity contribution in [3.05, 3.63) is 29.3 Å². The minimum Gasteiger partial charge on any atom is -0.324 e. The Balaban J connectivity index is 1.98. The van der Waals surface area contributed by atoms with Gasteiger partial charge in [-0.25, -0.2) is 5.43 Å². The van der Waals surface area contributed by atoms with Gasteiger partial charge in [0.2, 0.25) is 11.8 Å². The van der Waals surface area contributed by atoms with Gasteiger partial charge in [-0.15, -0.1) is 0 Å². The Kier molecular flexibility index (Phi) is 3.53. The second kappa shape index (κ2) is 5.37. The van der Waals surface area contributed by atoms with Gasteiger partial charge < -0.3 is 10.3 Å². The third-order valence-corrected chi connectivity index (χ3v) is 3.96. The number of nitrogen functional groups attached to an aromatic ring is 1. The zero-order valence-electron chi connectivity index (χ0n) is 11.6. The summed E-state index contributed by atoms with van der Waals surface area (Å²) in [5.74, 6) is 9.82. The van der Waals surface area contributed by atoms with Crippen molar-refractivity contribution in [1.29, 1.82) is 0 Å². The number of hydrogen-bond donors (Lipinski definition) is 5. The number of nitrogens with zero attached hydrogens (tertiary/aromatic N) is 1. The van der Waals surface area contributed by atoms with Gasteiger partial charge in [0, 0.05) is 23.2 Å². The summed E-state index contributed by atoms with van der Waals surface area (Å²) < 4.78 is 0. The van der Waals surface area contributed by atoms with E-state index in [9.17, 15) is 14.4 Å². The van der Waals surface area contributed by atoms with Crippen LogP contribution in [0.5, 0.6) is 0 Å². The van der Waals surface area contributed by atoms with Crippen LogP contribution in [0.1, 0.15) is 34.9 Å². The van der Waals surface area contributed by atoms with Crippen molar-refractivity contribution < 1.29 is 14.4 Å². The molecule has 0 bridgehead atoms. The van der Waals surface area contributed by atoms with Gasteiger partial charge in [-0.3, -0.25) is 31.4 Å². The van der Waals surface area contributed by atoms with Gasteiger partial charge in [-0.05, 0) is 24.6 Å². The number of imide groups is 1. The molecule has 22 heavy (non-hydrogen) atoms. The van der Waals surface area contributed by atoms with Crippen LogP contribution in [0.25, 0.3) is 0 Å². The highest BCUT2D eigenvalue weighted by Gasteiger charge is 2.44. The van der Waals surface area contributed by atoms with Crippen LogP contribution in [-0.4, -0.2) is 28.7 Å². The van der Waals surface area contributed by atoms with Gasteiger partial charge in [-0.1, -0.05) is 0 Å². The number of hydrogen-bond acceptors (Lipinski definition) is 7. The number of amides is 3. The van der Waals surface area contributed by atoms with E-state index in [4.69, 9.17) is 11.7 Å². The second-order valence-electron chi connectivity index (χ2n) is 5.19. The summed E-state index contributed by atoms with van der Waals surface area (Å²) in [5.41, 5.74) is 6.76. The maximum atomic E-state index is 12.6. The minimum absolute atomic E-state index is 0.184. The molecule has 2 aliphatic heterocycles. The van der Waals surface area contributed by atoms with Gasteiger partial charge in [-0.2, -0.15) is 0 Å². The number of carbonyl (C=O) groups is 3. The number of hydrazine groups is 2. The summed E-state index contributed by atoms with van der Waals surface area (Å²) in [6.07, 6.45) is -0.201. The number of piperidine rings is 1. The van der Waals surface area contributed by atoms with E-state index in [0.717, 1.165) is 0 Å². The molecule has 3 amide bonds. The van der Waals surface area contributed by atoms with E-state index < -0.39 is 18.1 Å². The van der Waals surface area contributed by atoms with Crippen molar-refractivity contribution in [2.45, 2.75) is 25.0 Å². The van der Waals surface area contributed by atoms with E-state index in [1.165, 1.54) is 4.90 Å². The fourth-order valence-corrected chi connectivity index (χ4v) is 2.92. The monoisotopic (exact) mass is 304 g/mol. The van der Waals surface area contributed by atoms with Crippen LogP contribution in [0, 0.1) is 0 Å². The van der Waals surface area contributed by atoms with Gasteiger partial charge in [0.15, 0.2) is 0 Å². The molecule has 1 saturated heterocycles. The highest BCUT2D eigenvalue weighted by atomic mass is 16.2. The van der Waals surface area contributed by atoms with Crippen molar-refractivity contribution in [2.75, 3.05) is 5.43 Å². The summed E-state index contributed by atoms with van der Waals surface area (Å²) in [4.78, 5) is 37.3. The molecular weight excluding hydrogens is 288 g/mol. The Hall–Kier alpha value is -2.49. The summed E-state index contributed by atoms with van der Waals surface area (Å²) in [7, 11) is 0. The largest absolute Gasteiger partial charge is 0.324 e. The van der Waals surface area contributed by atoms with Crippen molar-refractivity contribution in [3.63, 3.8) is 0 Å². The molecule has 3 rings (SSSR count). The summed E-state index contributed by atoms with van der Waals surface area (Å²) in [6.45, 7) is 0. The number of benzene rings is 1. The number of nitrogens with two attached hydrogens (primary N) is 2. The predicted octanol–water partition coefficient (Wildman–Crippen LogP) is -1.30. The molecule has 7 N–H and O–H groups in total. The van der Waals surface area contributed by atoms with E-state index in [2.05, 4.69) is 16.2 Å². The molecule has 1 aromatic rings. The van der Waals surface area contributed by atoms with Crippen LogP contribution in [0.4, 0.5) is 5.69 Å². The quantitative estimate of drug-likeness (QED) is 0.265. The lowest BCUT2D eigenvalue weighted by molar-refractivity contribution is -0.137. The summed E-state index contributed by atoms with van der Waals surface area (Å²) in [5, 5.41) is 2.25. The first-order valence-corrected chi connectivity index (χ1v) is 6.80. The average Bonchev–Trinajstić information content (AvgIpc) is 2.79. The van der Waals surface area contributed by atoms with Gasteiger partial charge in [0.1, 0.15) is 12.2 Å². The molecule has 9 nitrogen and oxygen atoms in total. The molecule has 0 aliphatic carbocycles. The molecule has 2 heterocycles. The fraction of sp³-hybridized carbons (Fsp3) is 0.308. The topological polar surface area (TPSA) is 143 Å². The van der Waals surface area contributed by atoms with Crippen molar-refractivity contribution in [1.82, 2.24) is 15.6 Å². The lowest BCUT2D eigenvalue weighted by atomic mass is 10.0. The molecule has 2 aliphatic rings. The van der Waals surface area contributed by atoms with E-state index in [1.807, 2.05) is 0 Å². The first kappa shape index (κ1) is 14.4. The second-order valence-corrected chi connectivity index (χ2v) is 5.19. The molecule has 9 heteroatoms. The van der Waals surface area contributed by atoms with Gasteiger partial charge in [0.05, 0.1) is 0 Å². The number of anilines is 1. The highest BCUT2D eigenvalue weighted by molar-refractivity contribution is 6.06. The van der Waals surface area contributed by atoms with Crippen molar-refractivity contribution in [3.8, 4) is 0 Å². The molecule has 0 aromatic heterocycles. The van der Waals surface area contributed by atoms with Crippen LogP contribution < -0.4 is 27.9 Å². The SMILES string of the molecule is NNc1ccc2c(c1)C(NN)N(C1CCC(=O)NC1=O)C2=O. The Bertz CT molecular complexity index is 661.